The van der Waals surface area contributed by atoms with Crippen molar-refractivity contribution in [3.8, 4) is 0 Å². The second kappa shape index (κ2) is 5.87. The van der Waals surface area contributed by atoms with Crippen molar-refractivity contribution in [1.29, 1.82) is 0 Å². The maximum Gasteiger partial charge on any atom is 0.0505 e. The normalized spacial score (nSPS) is 17.1. The number of halogens is 1. The maximum absolute atomic E-state index is 3.66. The number of piperidine rings is 1. The monoisotopic (exact) mass is 296 g/mol. The van der Waals surface area contributed by atoms with Crippen molar-refractivity contribution in [1.82, 2.24) is 5.32 Å². The zero-order chi connectivity index (χ0) is 12.3. The molecule has 0 aliphatic carbocycles. The highest BCUT2D eigenvalue weighted by molar-refractivity contribution is 9.10. The Bertz CT molecular complexity index is 370. The van der Waals surface area contributed by atoms with E-state index < -0.39 is 0 Å². The van der Waals surface area contributed by atoms with E-state index in [4.69, 9.17) is 0 Å². The van der Waals surface area contributed by atoms with Crippen LogP contribution >= 0.6 is 15.9 Å². The minimum absolute atomic E-state index is 0.855. The molecule has 1 heterocycles. The van der Waals surface area contributed by atoms with E-state index in [9.17, 15) is 0 Å². The smallest absolute Gasteiger partial charge is 0.0505 e. The van der Waals surface area contributed by atoms with Gasteiger partial charge in [0.25, 0.3) is 0 Å². The zero-order valence-corrected chi connectivity index (χ0v) is 12.3. The highest BCUT2D eigenvalue weighted by atomic mass is 79.9. The lowest BCUT2D eigenvalue weighted by Crippen LogP contribution is -2.28. The molecule has 1 aliphatic rings. The summed E-state index contributed by atoms with van der Waals surface area (Å²) in [6.45, 7) is 2.36. The minimum atomic E-state index is 0.855. The lowest BCUT2D eigenvalue weighted by Gasteiger charge is -2.23. The van der Waals surface area contributed by atoms with Crippen LogP contribution in [-0.4, -0.2) is 27.2 Å². The fourth-order valence-electron chi connectivity index (χ4n) is 2.46. The summed E-state index contributed by atoms with van der Waals surface area (Å²) in [5.41, 5.74) is 2.70. The summed E-state index contributed by atoms with van der Waals surface area (Å²) >= 11 is 3.66. The lowest BCUT2D eigenvalue weighted by molar-refractivity contribution is 0.372. The fourth-order valence-corrected chi connectivity index (χ4v) is 3.24. The molecule has 0 atom stereocenters. The van der Waals surface area contributed by atoms with Crippen molar-refractivity contribution >= 4 is 21.6 Å². The molecule has 0 aromatic heterocycles. The van der Waals surface area contributed by atoms with Gasteiger partial charge in [-0.3, -0.25) is 0 Å². The molecule has 0 amide bonds. The van der Waals surface area contributed by atoms with Crippen LogP contribution in [0, 0.1) is 5.92 Å². The molecule has 3 heteroatoms. The summed E-state index contributed by atoms with van der Waals surface area (Å²) in [6.07, 6.45) is 3.84. The third-order valence-corrected chi connectivity index (χ3v) is 4.11. The number of nitrogens with one attached hydrogen (secondary N) is 1. The molecule has 0 bridgehead atoms. The first-order valence-electron chi connectivity index (χ1n) is 6.33. The molecule has 0 unspecified atom stereocenters. The largest absolute Gasteiger partial charge is 0.377 e. The molecule has 0 radical (unpaired) electrons. The van der Waals surface area contributed by atoms with E-state index >= 15 is 0 Å². The number of hydrogen-bond acceptors (Lipinski definition) is 2. The van der Waals surface area contributed by atoms with Gasteiger partial charge in [0.2, 0.25) is 0 Å². The van der Waals surface area contributed by atoms with Gasteiger partial charge in [-0.1, -0.05) is 6.07 Å². The quantitative estimate of drug-likeness (QED) is 0.922. The van der Waals surface area contributed by atoms with Crippen molar-refractivity contribution in [3.05, 3.63) is 28.2 Å². The molecule has 2 rings (SSSR count). The van der Waals surface area contributed by atoms with Crippen LogP contribution in [0.25, 0.3) is 0 Å². The van der Waals surface area contributed by atoms with E-state index in [-0.39, 0.29) is 0 Å². The Morgan fingerprint density at radius 1 is 1.29 bits per heavy atom. The van der Waals surface area contributed by atoms with Gasteiger partial charge in [0.05, 0.1) is 5.69 Å². The Morgan fingerprint density at radius 3 is 2.59 bits per heavy atom. The third-order valence-electron chi connectivity index (χ3n) is 3.48. The summed E-state index contributed by atoms with van der Waals surface area (Å²) in [5, 5.41) is 3.42. The van der Waals surface area contributed by atoms with E-state index in [0.29, 0.717) is 0 Å². The summed E-state index contributed by atoms with van der Waals surface area (Å²) in [4.78, 5) is 2.14. The highest BCUT2D eigenvalue weighted by Crippen LogP contribution is 2.27. The standard InChI is InChI=1S/C14H21BrN2/c1-17(2)14-4-3-12(10-13(14)15)9-11-5-7-16-8-6-11/h3-4,10-11,16H,5-9H2,1-2H3. The number of benzene rings is 1. The molecule has 94 valence electrons. The zero-order valence-electron chi connectivity index (χ0n) is 10.7. The van der Waals surface area contributed by atoms with Crippen LogP contribution in [0.15, 0.2) is 22.7 Å². The minimum Gasteiger partial charge on any atom is -0.377 e. The Kier molecular flexibility index (Phi) is 4.46. The van der Waals surface area contributed by atoms with Gasteiger partial charge >= 0.3 is 0 Å². The molecule has 1 aromatic rings. The fraction of sp³-hybridized carbons (Fsp3) is 0.571. The summed E-state index contributed by atoms with van der Waals surface area (Å²) in [7, 11) is 4.15. The van der Waals surface area contributed by atoms with Crippen LogP contribution < -0.4 is 10.2 Å². The third kappa shape index (κ3) is 3.46. The highest BCUT2D eigenvalue weighted by Gasteiger charge is 2.14. The van der Waals surface area contributed by atoms with Crippen LogP contribution in [0.4, 0.5) is 5.69 Å². The van der Waals surface area contributed by atoms with Crippen molar-refractivity contribution in [2.45, 2.75) is 19.3 Å². The molecule has 0 spiro atoms. The Labute approximate surface area is 113 Å². The molecule has 17 heavy (non-hydrogen) atoms. The van der Waals surface area contributed by atoms with Crippen LogP contribution in [0.5, 0.6) is 0 Å². The molecule has 1 saturated heterocycles. The molecule has 1 aliphatic heterocycles. The molecular weight excluding hydrogens is 276 g/mol. The van der Waals surface area contributed by atoms with Gasteiger partial charge in [-0.25, -0.2) is 0 Å². The van der Waals surface area contributed by atoms with Crippen molar-refractivity contribution < 1.29 is 0 Å². The first kappa shape index (κ1) is 12.9. The molecule has 1 aromatic carbocycles. The Morgan fingerprint density at radius 2 is 2.00 bits per heavy atom. The SMILES string of the molecule is CN(C)c1ccc(CC2CCNCC2)cc1Br. The second-order valence-corrected chi connectivity index (χ2v) is 5.93. The van der Waals surface area contributed by atoms with Gasteiger partial charge in [-0.05, 0) is 71.9 Å². The lowest BCUT2D eigenvalue weighted by atomic mass is 9.91. The van der Waals surface area contributed by atoms with Gasteiger partial charge in [0.15, 0.2) is 0 Å². The average molecular weight is 297 g/mol. The van der Waals surface area contributed by atoms with Crippen LogP contribution in [0.3, 0.4) is 0 Å². The molecule has 1 fully saturated rings. The topological polar surface area (TPSA) is 15.3 Å². The van der Waals surface area contributed by atoms with E-state index in [1.54, 1.807) is 0 Å². The summed E-state index contributed by atoms with van der Waals surface area (Å²) in [5.74, 6) is 0.855. The van der Waals surface area contributed by atoms with Gasteiger partial charge in [-0.15, -0.1) is 0 Å². The predicted octanol–water partition coefficient (Wildman–Crippen LogP) is 3.06. The number of anilines is 1. The van der Waals surface area contributed by atoms with Crippen molar-refractivity contribution in [2.24, 2.45) is 5.92 Å². The average Bonchev–Trinajstić information content (AvgIpc) is 2.30. The van der Waals surface area contributed by atoms with Gasteiger partial charge in [0.1, 0.15) is 0 Å². The molecular formula is C14H21BrN2. The number of nitrogens with zero attached hydrogens (tertiary/aromatic N) is 1. The van der Waals surface area contributed by atoms with Crippen molar-refractivity contribution in [2.75, 3.05) is 32.1 Å². The van der Waals surface area contributed by atoms with Crippen LogP contribution in [0.1, 0.15) is 18.4 Å². The van der Waals surface area contributed by atoms with E-state index in [1.807, 2.05) is 0 Å². The van der Waals surface area contributed by atoms with Gasteiger partial charge in [0, 0.05) is 18.6 Å². The summed E-state index contributed by atoms with van der Waals surface area (Å²) in [6, 6.07) is 6.75. The van der Waals surface area contributed by atoms with Gasteiger partial charge in [-0.2, -0.15) is 0 Å². The maximum atomic E-state index is 3.66. The molecule has 1 N–H and O–H groups in total. The summed E-state index contributed by atoms with van der Waals surface area (Å²) < 4.78 is 1.20. The Hall–Kier alpha value is -0.540. The Balaban J connectivity index is 2.04. The van der Waals surface area contributed by atoms with Crippen LogP contribution in [-0.2, 0) is 6.42 Å². The van der Waals surface area contributed by atoms with Crippen LogP contribution in [0.2, 0.25) is 0 Å². The van der Waals surface area contributed by atoms with E-state index in [2.05, 4.69) is 58.4 Å². The first-order chi connectivity index (χ1) is 8.16. The predicted molar refractivity (Wildman–Crippen MR) is 77.8 cm³/mol. The second-order valence-electron chi connectivity index (χ2n) is 5.08. The molecule has 0 saturated carbocycles. The van der Waals surface area contributed by atoms with E-state index in [0.717, 1.165) is 5.92 Å². The number of rotatable bonds is 3. The van der Waals surface area contributed by atoms with Gasteiger partial charge < -0.3 is 10.2 Å². The van der Waals surface area contributed by atoms with Crippen molar-refractivity contribution in [3.63, 3.8) is 0 Å². The molecule has 2 nitrogen and oxygen atoms in total. The number of hydrogen-bond donors (Lipinski definition) is 1. The van der Waals surface area contributed by atoms with E-state index in [1.165, 1.54) is 48.1 Å². The first-order valence-corrected chi connectivity index (χ1v) is 7.12.